The van der Waals surface area contributed by atoms with Gasteiger partial charge in [-0.2, -0.15) is 0 Å². The number of aliphatic hydroxyl groups is 1. The van der Waals surface area contributed by atoms with Gasteiger partial charge < -0.3 is 9.84 Å². The van der Waals surface area contributed by atoms with E-state index in [0.29, 0.717) is 5.75 Å². The summed E-state index contributed by atoms with van der Waals surface area (Å²) in [4.78, 5) is 0. The number of hydrogen-bond donors (Lipinski definition) is 1. The number of ether oxygens (including phenoxy) is 1. The third-order valence-corrected chi connectivity index (χ3v) is 2.54. The van der Waals surface area contributed by atoms with Crippen LogP contribution in [0.25, 0.3) is 0 Å². The highest BCUT2D eigenvalue weighted by molar-refractivity contribution is 5.35. The SMILES string of the molecule is C[C@@H](O)[C@@H]1CCc2cc(F)ccc2O1. The molecule has 2 nitrogen and oxygen atoms in total. The number of aryl methyl sites for hydroxylation is 1. The molecule has 0 aliphatic carbocycles. The number of aliphatic hydroxyl groups excluding tert-OH is 1. The number of halogens is 1. The molecule has 0 saturated carbocycles. The summed E-state index contributed by atoms with van der Waals surface area (Å²) in [6, 6.07) is 4.50. The van der Waals surface area contributed by atoms with Crippen molar-refractivity contribution in [2.75, 3.05) is 0 Å². The summed E-state index contributed by atoms with van der Waals surface area (Å²) >= 11 is 0. The van der Waals surface area contributed by atoms with E-state index in [2.05, 4.69) is 0 Å². The molecule has 2 atom stereocenters. The van der Waals surface area contributed by atoms with Crippen LogP contribution >= 0.6 is 0 Å². The van der Waals surface area contributed by atoms with Crippen molar-refractivity contribution in [1.29, 1.82) is 0 Å². The Morgan fingerprint density at radius 1 is 1.57 bits per heavy atom. The van der Waals surface area contributed by atoms with Gasteiger partial charge >= 0.3 is 0 Å². The van der Waals surface area contributed by atoms with E-state index in [1.165, 1.54) is 12.1 Å². The Morgan fingerprint density at radius 2 is 2.36 bits per heavy atom. The summed E-state index contributed by atoms with van der Waals surface area (Å²) in [5.41, 5.74) is 0.891. The van der Waals surface area contributed by atoms with E-state index >= 15 is 0 Å². The van der Waals surface area contributed by atoms with Gasteiger partial charge in [-0.15, -0.1) is 0 Å². The first kappa shape index (κ1) is 9.46. The molecule has 76 valence electrons. The van der Waals surface area contributed by atoms with E-state index in [-0.39, 0.29) is 11.9 Å². The molecule has 14 heavy (non-hydrogen) atoms. The van der Waals surface area contributed by atoms with Gasteiger partial charge in [-0.1, -0.05) is 0 Å². The highest BCUT2D eigenvalue weighted by Crippen LogP contribution is 2.29. The van der Waals surface area contributed by atoms with Crippen LogP contribution in [-0.2, 0) is 6.42 Å². The van der Waals surface area contributed by atoms with Gasteiger partial charge in [0.2, 0.25) is 0 Å². The van der Waals surface area contributed by atoms with Gasteiger partial charge in [0, 0.05) is 0 Å². The predicted molar refractivity (Wildman–Crippen MR) is 50.8 cm³/mol. The van der Waals surface area contributed by atoms with Crippen LogP contribution in [0.1, 0.15) is 18.9 Å². The highest BCUT2D eigenvalue weighted by atomic mass is 19.1. The summed E-state index contributed by atoms with van der Waals surface area (Å²) in [6.07, 6.45) is 0.873. The zero-order valence-corrected chi connectivity index (χ0v) is 8.03. The summed E-state index contributed by atoms with van der Waals surface area (Å²) in [5, 5.41) is 9.36. The third kappa shape index (κ3) is 1.73. The number of benzene rings is 1. The topological polar surface area (TPSA) is 29.5 Å². The molecule has 0 bridgehead atoms. The highest BCUT2D eigenvalue weighted by Gasteiger charge is 2.23. The lowest BCUT2D eigenvalue weighted by atomic mass is 10.00. The first-order chi connectivity index (χ1) is 6.66. The second-order valence-electron chi connectivity index (χ2n) is 3.69. The lowest BCUT2D eigenvalue weighted by molar-refractivity contribution is 0.0356. The molecule has 1 aliphatic heterocycles. The number of fused-ring (bicyclic) bond motifs is 1. The average molecular weight is 196 g/mol. The Balaban J connectivity index is 2.23. The van der Waals surface area contributed by atoms with Gasteiger partial charge in [-0.3, -0.25) is 0 Å². The van der Waals surface area contributed by atoms with E-state index < -0.39 is 6.10 Å². The van der Waals surface area contributed by atoms with E-state index in [1.54, 1.807) is 13.0 Å². The van der Waals surface area contributed by atoms with Crippen molar-refractivity contribution in [2.45, 2.75) is 32.0 Å². The minimum absolute atomic E-state index is 0.159. The first-order valence-corrected chi connectivity index (χ1v) is 4.80. The Hall–Kier alpha value is -1.09. The molecule has 1 aromatic carbocycles. The smallest absolute Gasteiger partial charge is 0.125 e. The maximum atomic E-state index is 12.8. The summed E-state index contributed by atoms with van der Waals surface area (Å²) < 4.78 is 18.4. The van der Waals surface area contributed by atoms with E-state index in [4.69, 9.17) is 4.74 Å². The van der Waals surface area contributed by atoms with Gasteiger partial charge in [-0.05, 0) is 43.5 Å². The largest absolute Gasteiger partial charge is 0.487 e. The van der Waals surface area contributed by atoms with Crippen LogP contribution < -0.4 is 4.74 Å². The fraction of sp³-hybridized carbons (Fsp3) is 0.455. The first-order valence-electron chi connectivity index (χ1n) is 4.80. The normalized spacial score (nSPS) is 22.4. The molecule has 0 saturated heterocycles. The summed E-state index contributed by atoms with van der Waals surface area (Å²) in [5.74, 6) is 0.464. The number of rotatable bonds is 1. The molecule has 2 rings (SSSR count). The minimum Gasteiger partial charge on any atom is -0.487 e. The van der Waals surface area contributed by atoms with Crippen molar-refractivity contribution in [3.05, 3.63) is 29.6 Å². The Kier molecular flexibility index (Phi) is 2.42. The fourth-order valence-corrected chi connectivity index (χ4v) is 1.72. The predicted octanol–water partition coefficient (Wildman–Crippen LogP) is 1.90. The summed E-state index contributed by atoms with van der Waals surface area (Å²) in [7, 11) is 0. The minimum atomic E-state index is -0.479. The monoisotopic (exact) mass is 196 g/mol. The second kappa shape index (κ2) is 3.58. The fourth-order valence-electron chi connectivity index (χ4n) is 1.72. The van der Waals surface area contributed by atoms with Crippen molar-refractivity contribution in [3.63, 3.8) is 0 Å². The molecule has 1 aromatic rings. The Morgan fingerprint density at radius 3 is 3.07 bits per heavy atom. The Bertz CT molecular complexity index is 336. The molecule has 0 fully saturated rings. The van der Waals surface area contributed by atoms with Crippen LogP contribution in [0, 0.1) is 5.82 Å². The molecule has 3 heteroatoms. The zero-order chi connectivity index (χ0) is 10.1. The molecular formula is C11H13FO2. The molecule has 0 spiro atoms. The van der Waals surface area contributed by atoms with Crippen LogP contribution in [0.15, 0.2) is 18.2 Å². The summed E-state index contributed by atoms with van der Waals surface area (Å²) in [6.45, 7) is 1.71. The van der Waals surface area contributed by atoms with Crippen molar-refractivity contribution >= 4 is 0 Å². The molecule has 0 aromatic heterocycles. The van der Waals surface area contributed by atoms with Crippen molar-refractivity contribution in [1.82, 2.24) is 0 Å². The third-order valence-electron chi connectivity index (χ3n) is 2.54. The quantitative estimate of drug-likeness (QED) is 0.743. The van der Waals surface area contributed by atoms with E-state index in [9.17, 15) is 9.50 Å². The molecule has 1 aliphatic rings. The van der Waals surface area contributed by atoms with E-state index in [1.807, 2.05) is 0 Å². The van der Waals surface area contributed by atoms with Gasteiger partial charge in [0.1, 0.15) is 17.7 Å². The van der Waals surface area contributed by atoms with Gasteiger partial charge in [0.25, 0.3) is 0 Å². The van der Waals surface area contributed by atoms with Crippen LogP contribution in [-0.4, -0.2) is 17.3 Å². The van der Waals surface area contributed by atoms with Crippen LogP contribution in [0.2, 0.25) is 0 Å². The zero-order valence-electron chi connectivity index (χ0n) is 8.03. The van der Waals surface area contributed by atoms with Gasteiger partial charge in [-0.25, -0.2) is 4.39 Å². The van der Waals surface area contributed by atoms with Gasteiger partial charge in [0.05, 0.1) is 6.10 Å². The average Bonchev–Trinajstić information content (AvgIpc) is 2.16. The van der Waals surface area contributed by atoms with Crippen molar-refractivity contribution in [2.24, 2.45) is 0 Å². The van der Waals surface area contributed by atoms with Crippen LogP contribution in [0.3, 0.4) is 0 Å². The number of hydrogen-bond acceptors (Lipinski definition) is 2. The molecule has 0 radical (unpaired) electrons. The molecule has 1 heterocycles. The standard InChI is InChI=1S/C11H13FO2/c1-7(13)10-4-2-8-6-9(12)3-5-11(8)14-10/h3,5-7,10,13H,2,4H2,1H3/t7-,10+/m1/s1. The van der Waals surface area contributed by atoms with E-state index in [0.717, 1.165) is 18.4 Å². The second-order valence-corrected chi connectivity index (χ2v) is 3.69. The van der Waals surface area contributed by atoms with Crippen LogP contribution in [0.5, 0.6) is 5.75 Å². The van der Waals surface area contributed by atoms with Crippen molar-refractivity contribution in [3.8, 4) is 5.75 Å². The van der Waals surface area contributed by atoms with Crippen molar-refractivity contribution < 1.29 is 14.2 Å². The molecule has 0 unspecified atom stereocenters. The molecule has 0 amide bonds. The maximum absolute atomic E-state index is 12.8. The molecular weight excluding hydrogens is 183 g/mol. The lowest BCUT2D eigenvalue weighted by Gasteiger charge is -2.27. The molecule has 1 N–H and O–H groups in total. The Labute approximate surface area is 82.3 Å². The van der Waals surface area contributed by atoms with Gasteiger partial charge in [0.15, 0.2) is 0 Å². The lowest BCUT2D eigenvalue weighted by Crippen LogP contribution is -2.32. The maximum Gasteiger partial charge on any atom is 0.125 e. The van der Waals surface area contributed by atoms with Crippen LogP contribution in [0.4, 0.5) is 4.39 Å².